The smallest absolute Gasteiger partial charge is 0.124 e. The van der Waals surface area contributed by atoms with Crippen molar-refractivity contribution in [3.8, 4) is 11.5 Å². The van der Waals surface area contributed by atoms with Gasteiger partial charge >= 0.3 is 0 Å². The summed E-state index contributed by atoms with van der Waals surface area (Å²) < 4.78 is 0. The lowest BCUT2D eigenvalue weighted by molar-refractivity contribution is 0.436. The molecule has 0 radical (unpaired) electrons. The number of aromatic hydroxyl groups is 2. The Bertz CT molecular complexity index is 378. The molecule has 2 atom stereocenters. The quantitative estimate of drug-likeness (QED) is 0.772. The summed E-state index contributed by atoms with van der Waals surface area (Å²) in [6.07, 6.45) is 2.60. The van der Waals surface area contributed by atoms with Crippen molar-refractivity contribution in [3.63, 3.8) is 0 Å². The fourth-order valence-corrected chi connectivity index (χ4v) is 3.34. The predicted octanol–water partition coefficient (Wildman–Crippen LogP) is 2.64. The second-order valence-electron chi connectivity index (χ2n) is 4.51. The van der Waals surface area contributed by atoms with Gasteiger partial charge in [0.15, 0.2) is 0 Å². The van der Waals surface area contributed by atoms with Crippen LogP contribution in [0.2, 0.25) is 0 Å². The van der Waals surface area contributed by atoms with Crippen molar-refractivity contribution in [2.45, 2.75) is 31.1 Å². The molecule has 4 heteroatoms. The Hall–Kier alpha value is -0.870. The summed E-state index contributed by atoms with van der Waals surface area (Å²) in [6.45, 7) is 3.01. The largest absolute Gasteiger partial charge is 0.508 e. The first-order valence-electron chi connectivity index (χ1n) is 6.03. The van der Waals surface area contributed by atoms with Crippen molar-refractivity contribution < 1.29 is 10.2 Å². The Morgan fingerprint density at radius 3 is 2.94 bits per heavy atom. The van der Waals surface area contributed by atoms with Gasteiger partial charge in [-0.15, -0.1) is 0 Å². The molecule has 1 heterocycles. The number of nitrogens with one attached hydrogen (secondary N) is 1. The van der Waals surface area contributed by atoms with Gasteiger partial charge < -0.3 is 15.5 Å². The van der Waals surface area contributed by atoms with Crippen LogP contribution in [0, 0.1) is 0 Å². The van der Waals surface area contributed by atoms with Crippen molar-refractivity contribution in [1.82, 2.24) is 5.32 Å². The summed E-state index contributed by atoms with van der Waals surface area (Å²) in [5.74, 6) is 1.53. The van der Waals surface area contributed by atoms with Crippen molar-refractivity contribution in [1.29, 1.82) is 0 Å². The van der Waals surface area contributed by atoms with Gasteiger partial charge in [-0.3, -0.25) is 0 Å². The molecule has 0 aromatic heterocycles. The van der Waals surface area contributed by atoms with Gasteiger partial charge in [0.25, 0.3) is 0 Å². The molecule has 1 aromatic rings. The molecule has 17 heavy (non-hydrogen) atoms. The van der Waals surface area contributed by atoms with E-state index in [0.29, 0.717) is 5.25 Å². The molecule has 0 spiro atoms. The van der Waals surface area contributed by atoms with Gasteiger partial charge in [0.2, 0.25) is 0 Å². The molecule has 3 N–H and O–H groups in total. The van der Waals surface area contributed by atoms with Crippen LogP contribution in [0.5, 0.6) is 11.5 Å². The first-order chi connectivity index (χ1) is 8.16. The molecule has 0 bridgehead atoms. The maximum Gasteiger partial charge on any atom is 0.124 e. The van der Waals surface area contributed by atoms with Crippen LogP contribution in [0.4, 0.5) is 0 Å². The van der Waals surface area contributed by atoms with Crippen molar-refractivity contribution in [3.05, 3.63) is 23.8 Å². The van der Waals surface area contributed by atoms with Crippen LogP contribution in [-0.2, 0) is 0 Å². The maximum atomic E-state index is 9.75. The third kappa shape index (κ3) is 3.30. The zero-order chi connectivity index (χ0) is 12.3. The third-order valence-electron chi connectivity index (χ3n) is 3.16. The van der Waals surface area contributed by atoms with Crippen molar-refractivity contribution >= 4 is 11.8 Å². The second kappa shape index (κ2) is 5.65. The molecule has 1 aliphatic rings. The minimum Gasteiger partial charge on any atom is -0.508 e. The van der Waals surface area contributed by atoms with E-state index in [1.54, 1.807) is 12.1 Å². The molecule has 0 aliphatic carbocycles. The fraction of sp³-hybridized carbons (Fsp3) is 0.538. The molecule has 1 saturated heterocycles. The van der Waals surface area contributed by atoms with Gasteiger partial charge in [-0.25, -0.2) is 0 Å². The zero-order valence-electron chi connectivity index (χ0n) is 10.0. The molecule has 1 aliphatic heterocycles. The highest BCUT2D eigenvalue weighted by atomic mass is 32.2. The van der Waals surface area contributed by atoms with E-state index in [9.17, 15) is 10.2 Å². The zero-order valence-corrected chi connectivity index (χ0v) is 10.8. The lowest BCUT2D eigenvalue weighted by atomic mass is 10.1. The van der Waals surface area contributed by atoms with E-state index in [4.69, 9.17) is 0 Å². The Kier molecular flexibility index (Phi) is 4.18. The van der Waals surface area contributed by atoms with E-state index in [1.807, 2.05) is 18.7 Å². The second-order valence-corrected chi connectivity index (χ2v) is 5.92. The molecule has 94 valence electrons. The van der Waals surface area contributed by atoms with Gasteiger partial charge in [0.05, 0.1) is 0 Å². The van der Waals surface area contributed by atoms with Crippen LogP contribution in [0.25, 0.3) is 0 Å². The average Bonchev–Trinajstić information content (AvgIpc) is 2.78. The summed E-state index contributed by atoms with van der Waals surface area (Å²) in [7, 11) is 0. The number of hydrogen-bond donors (Lipinski definition) is 3. The van der Waals surface area contributed by atoms with Crippen LogP contribution in [-0.4, -0.2) is 27.8 Å². The Labute approximate surface area is 106 Å². The van der Waals surface area contributed by atoms with Gasteiger partial charge in [0, 0.05) is 29.5 Å². The predicted molar refractivity (Wildman–Crippen MR) is 71.7 cm³/mol. The molecule has 2 rings (SSSR count). The van der Waals surface area contributed by atoms with Crippen molar-refractivity contribution in [2.24, 2.45) is 0 Å². The molecule has 1 fully saturated rings. The highest BCUT2D eigenvalue weighted by Gasteiger charge is 2.17. The van der Waals surface area contributed by atoms with Crippen LogP contribution in [0.15, 0.2) is 18.2 Å². The number of rotatable bonds is 4. The average molecular weight is 253 g/mol. The first kappa shape index (κ1) is 12.6. The minimum absolute atomic E-state index is 0.102. The fourth-order valence-electron chi connectivity index (χ4n) is 2.12. The lowest BCUT2D eigenvalue weighted by Gasteiger charge is -2.18. The first-order valence-corrected chi connectivity index (χ1v) is 7.08. The van der Waals surface area contributed by atoms with E-state index in [-0.39, 0.29) is 17.5 Å². The molecular weight excluding hydrogens is 234 g/mol. The summed E-state index contributed by atoms with van der Waals surface area (Å²) in [4.78, 5) is 0. The molecular formula is C13H19NO2S. The van der Waals surface area contributed by atoms with Crippen molar-refractivity contribution in [2.75, 3.05) is 12.3 Å². The number of benzene rings is 1. The van der Waals surface area contributed by atoms with Crippen LogP contribution < -0.4 is 5.32 Å². The highest BCUT2D eigenvalue weighted by molar-refractivity contribution is 8.00. The third-order valence-corrected chi connectivity index (χ3v) is 4.55. The summed E-state index contributed by atoms with van der Waals surface area (Å²) in [5.41, 5.74) is 0.839. The topological polar surface area (TPSA) is 52.5 Å². The van der Waals surface area contributed by atoms with Gasteiger partial charge in [0.1, 0.15) is 11.5 Å². The molecule has 0 saturated carbocycles. The van der Waals surface area contributed by atoms with Crippen LogP contribution in [0.3, 0.4) is 0 Å². The Balaban J connectivity index is 1.91. The molecule has 2 unspecified atom stereocenters. The summed E-state index contributed by atoms with van der Waals surface area (Å²) in [5, 5.41) is 23.1. The SMILES string of the molecule is CC(NCC1CCCS1)c1ccc(O)cc1O. The Morgan fingerprint density at radius 2 is 2.29 bits per heavy atom. The Morgan fingerprint density at radius 1 is 1.47 bits per heavy atom. The maximum absolute atomic E-state index is 9.75. The van der Waals surface area contributed by atoms with E-state index < -0.39 is 0 Å². The number of phenols is 2. The van der Waals surface area contributed by atoms with E-state index >= 15 is 0 Å². The van der Waals surface area contributed by atoms with Crippen LogP contribution in [0.1, 0.15) is 31.4 Å². The van der Waals surface area contributed by atoms with E-state index in [2.05, 4.69) is 5.32 Å². The van der Waals surface area contributed by atoms with Crippen LogP contribution >= 0.6 is 11.8 Å². The number of thioether (sulfide) groups is 1. The lowest BCUT2D eigenvalue weighted by Crippen LogP contribution is -2.26. The monoisotopic (exact) mass is 253 g/mol. The van der Waals surface area contributed by atoms with Gasteiger partial charge in [-0.1, -0.05) is 6.07 Å². The molecule has 1 aromatic carbocycles. The number of phenolic OH excluding ortho intramolecular Hbond substituents is 2. The summed E-state index contributed by atoms with van der Waals surface area (Å²) >= 11 is 2.02. The normalized spacial score (nSPS) is 21.6. The highest BCUT2D eigenvalue weighted by Crippen LogP contribution is 2.29. The standard InChI is InChI=1S/C13H19NO2S/c1-9(14-8-11-3-2-6-17-11)12-5-4-10(15)7-13(12)16/h4-5,7,9,11,14-16H,2-3,6,8H2,1H3. The van der Waals surface area contributed by atoms with Gasteiger partial charge in [-0.2, -0.15) is 11.8 Å². The van der Waals surface area contributed by atoms with E-state index in [1.165, 1.54) is 24.7 Å². The van der Waals surface area contributed by atoms with Gasteiger partial charge in [-0.05, 0) is 31.6 Å². The van der Waals surface area contributed by atoms with E-state index in [0.717, 1.165) is 12.1 Å². The molecule has 0 amide bonds. The minimum atomic E-state index is 0.102. The number of hydrogen-bond acceptors (Lipinski definition) is 4. The molecule has 3 nitrogen and oxygen atoms in total. The summed E-state index contributed by atoms with van der Waals surface area (Å²) in [6, 6.07) is 4.87.